The van der Waals surface area contributed by atoms with Gasteiger partial charge in [-0.05, 0) is 54.9 Å². The van der Waals surface area contributed by atoms with Crippen molar-refractivity contribution in [3.05, 3.63) is 29.3 Å². The van der Waals surface area contributed by atoms with Crippen LogP contribution in [0.15, 0.2) is 18.2 Å². The molecule has 0 aromatic heterocycles. The molecule has 1 aromatic carbocycles. The molecular formula is C15H22NO3P. The maximum atomic E-state index is 12.2. The van der Waals surface area contributed by atoms with Crippen molar-refractivity contribution >= 4 is 20.0 Å². The van der Waals surface area contributed by atoms with Gasteiger partial charge in [0.05, 0.1) is 0 Å². The number of hydrogen-bond donors (Lipinski definition) is 3. The lowest BCUT2D eigenvalue weighted by atomic mass is 10.1. The first-order chi connectivity index (χ1) is 9.47. The van der Waals surface area contributed by atoms with Gasteiger partial charge in [-0.3, -0.25) is 4.79 Å². The van der Waals surface area contributed by atoms with E-state index in [1.807, 2.05) is 26.0 Å². The van der Waals surface area contributed by atoms with Gasteiger partial charge in [0.1, 0.15) is 5.66 Å². The molecule has 4 nitrogen and oxygen atoms in total. The average Bonchev–Trinajstić information content (AvgIpc) is 2.82. The lowest BCUT2D eigenvalue weighted by Crippen LogP contribution is -2.27. The van der Waals surface area contributed by atoms with Gasteiger partial charge < -0.3 is 15.1 Å². The molecule has 1 amide bonds. The maximum absolute atomic E-state index is 12.2. The third kappa shape index (κ3) is 3.78. The molecule has 3 N–H and O–H groups in total. The SMILES string of the molecule is CC(C)CC(C(=O)Nc1ccc2c(c1)CCC2)P(O)O. The Morgan fingerprint density at radius 2 is 2.00 bits per heavy atom. The fourth-order valence-electron chi connectivity index (χ4n) is 2.63. The van der Waals surface area contributed by atoms with Gasteiger partial charge in [-0.2, -0.15) is 0 Å². The molecule has 0 heterocycles. The first kappa shape index (κ1) is 15.4. The Bertz CT molecular complexity index is 488. The summed E-state index contributed by atoms with van der Waals surface area (Å²) in [4.78, 5) is 31.0. The Morgan fingerprint density at radius 1 is 1.30 bits per heavy atom. The molecule has 0 bridgehead atoms. The number of amides is 1. The summed E-state index contributed by atoms with van der Waals surface area (Å²) >= 11 is 0. The van der Waals surface area contributed by atoms with Gasteiger partial charge in [-0.1, -0.05) is 19.9 Å². The quantitative estimate of drug-likeness (QED) is 0.732. The van der Waals surface area contributed by atoms with Crippen LogP contribution in [0, 0.1) is 5.92 Å². The number of carbonyl (C=O) groups excluding carboxylic acids is 1. The molecular weight excluding hydrogens is 273 g/mol. The summed E-state index contributed by atoms with van der Waals surface area (Å²) < 4.78 is 0. The van der Waals surface area contributed by atoms with Gasteiger partial charge in [-0.15, -0.1) is 0 Å². The molecule has 0 aliphatic heterocycles. The smallest absolute Gasteiger partial charge is 0.236 e. The van der Waals surface area contributed by atoms with Crippen molar-refractivity contribution in [1.29, 1.82) is 0 Å². The van der Waals surface area contributed by atoms with Crippen molar-refractivity contribution in [3.8, 4) is 0 Å². The molecule has 110 valence electrons. The fraction of sp³-hybridized carbons (Fsp3) is 0.533. The van der Waals surface area contributed by atoms with E-state index in [0.29, 0.717) is 6.42 Å². The van der Waals surface area contributed by atoms with Crippen molar-refractivity contribution in [2.75, 3.05) is 5.32 Å². The number of fused-ring (bicyclic) bond motifs is 1. The summed E-state index contributed by atoms with van der Waals surface area (Å²) in [5, 5.41) is 2.82. The summed E-state index contributed by atoms with van der Waals surface area (Å²) in [6, 6.07) is 5.95. The van der Waals surface area contributed by atoms with Gasteiger partial charge in [0.25, 0.3) is 0 Å². The van der Waals surface area contributed by atoms with E-state index >= 15 is 0 Å². The third-order valence-electron chi connectivity index (χ3n) is 3.64. The van der Waals surface area contributed by atoms with Crippen molar-refractivity contribution in [1.82, 2.24) is 0 Å². The van der Waals surface area contributed by atoms with Crippen molar-refractivity contribution < 1.29 is 14.6 Å². The number of carbonyl (C=O) groups is 1. The minimum atomic E-state index is -2.25. The van der Waals surface area contributed by atoms with E-state index in [4.69, 9.17) is 0 Å². The second-order valence-corrected chi connectivity index (χ2v) is 7.06. The topological polar surface area (TPSA) is 69.6 Å². The van der Waals surface area contributed by atoms with Crippen LogP contribution in [0.25, 0.3) is 0 Å². The van der Waals surface area contributed by atoms with Crippen LogP contribution in [0.4, 0.5) is 5.69 Å². The molecule has 0 radical (unpaired) electrons. The summed E-state index contributed by atoms with van der Waals surface area (Å²) in [5.41, 5.74) is 2.67. The maximum Gasteiger partial charge on any atom is 0.236 e. The molecule has 1 aromatic rings. The van der Waals surface area contributed by atoms with E-state index in [0.717, 1.165) is 18.5 Å². The molecule has 1 aliphatic rings. The van der Waals surface area contributed by atoms with Crippen molar-refractivity contribution in [2.45, 2.75) is 45.2 Å². The molecule has 0 fully saturated rings. The summed E-state index contributed by atoms with van der Waals surface area (Å²) in [6.45, 7) is 3.93. The van der Waals surface area contributed by atoms with E-state index in [1.54, 1.807) is 0 Å². The summed E-state index contributed by atoms with van der Waals surface area (Å²) in [5.74, 6) is -0.0529. The van der Waals surface area contributed by atoms with E-state index in [-0.39, 0.29) is 11.8 Å². The summed E-state index contributed by atoms with van der Waals surface area (Å²) in [6.07, 6.45) is 3.82. The van der Waals surface area contributed by atoms with Gasteiger partial charge in [0.15, 0.2) is 8.38 Å². The van der Waals surface area contributed by atoms with E-state index in [2.05, 4.69) is 11.4 Å². The molecule has 20 heavy (non-hydrogen) atoms. The fourth-order valence-corrected chi connectivity index (χ4v) is 3.51. The zero-order chi connectivity index (χ0) is 14.7. The number of aryl methyl sites for hydroxylation is 2. The second kappa shape index (κ2) is 6.66. The van der Waals surface area contributed by atoms with Crippen LogP contribution in [0.1, 0.15) is 37.8 Å². The highest BCUT2D eigenvalue weighted by Gasteiger charge is 2.27. The van der Waals surface area contributed by atoms with E-state index in [9.17, 15) is 14.6 Å². The molecule has 0 saturated heterocycles. The first-order valence-corrected chi connectivity index (χ1v) is 8.38. The molecule has 1 atom stereocenters. The lowest BCUT2D eigenvalue weighted by molar-refractivity contribution is -0.116. The van der Waals surface area contributed by atoms with Gasteiger partial charge in [0.2, 0.25) is 5.91 Å². The molecule has 2 rings (SSSR count). The Balaban J connectivity index is 2.06. The zero-order valence-corrected chi connectivity index (χ0v) is 12.9. The zero-order valence-electron chi connectivity index (χ0n) is 12.0. The van der Waals surface area contributed by atoms with E-state index < -0.39 is 14.0 Å². The minimum absolute atomic E-state index is 0.245. The Morgan fingerprint density at radius 3 is 2.65 bits per heavy atom. The second-order valence-electron chi connectivity index (χ2n) is 5.79. The van der Waals surface area contributed by atoms with Crippen LogP contribution in [0.2, 0.25) is 0 Å². The third-order valence-corrected chi connectivity index (χ3v) is 4.64. The number of hydrogen-bond acceptors (Lipinski definition) is 3. The van der Waals surface area contributed by atoms with Crippen molar-refractivity contribution in [3.63, 3.8) is 0 Å². The minimum Gasteiger partial charge on any atom is -0.349 e. The standard InChI is InChI=1S/C15H22NO3P/c1-10(2)8-14(20(18)19)15(17)16-13-7-6-11-4-3-5-12(11)9-13/h6-7,9-10,14,18-19H,3-5,8H2,1-2H3,(H,16,17). The van der Waals surface area contributed by atoms with Crippen LogP contribution in [0.3, 0.4) is 0 Å². The molecule has 1 aliphatic carbocycles. The Hall–Kier alpha value is -0.960. The van der Waals surface area contributed by atoms with E-state index in [1.165, 1.54) is 17.5 Å². The van der Waals surface area contributed by atoms with Crippen LogP contribution in [-0.2, 0) is 17.6 Å². The number of nitrogens with one attached hydrogen (secondary N) is 1. The molecule has 0 saturated carbocycles. The predicted octanol–water partition coefficient (Wildman–Crippen LogP) is 2.83. The first-order valence-electron chi connectivity index (χ1n) is 7.07. The number of benzene rings is 1. The largest absolute Gasteiger partial charge is 0.349 e. The summed E-state index contributed by atoms with van der Waals surface area (Å²) in [7, 11) is -2.25. The van der Waals surface area contributed by atoms with Crippen LogP contribution in [-0.4, -0.2) is 21.4 Å². The average molecular weight is 295 g/mol. The molecule has 1 unspecified atom stereocenters. The predicted molar refractivity (Wildman–Crippen MR) is 81.7 cm³/mol. The Kier molecular flexibility index (Phi) is 5.14. The van der Waals surface area contributed by atoms with Crippen LogP contribution in [0.5, 0.6) is 0 Å². The number of anilines is 1. The lowest BCUT2D eigenvalue weighted by Gasteiger charge is -2.19. The van der Waals surface area contributed by atoms with Gasteiger partial charge in [-0.25, -0.2) is 0 Å². The molecule has 5 heteroatoms. The monoisotopic (exact) mass is 295 g/mol. The highest BCUT2D eigenvalue weighted by molar-refractivity contribution is 7.47. The van der Waals surface area contributed by atoms with Crippen LogP contribution >= 0.6 is 8.38 Å². The van der Waals surface area contributed by atoms with Gasteiger partial charge in [0, 0.05) is 5.69 Å². The molecule has 0 spiro atoms. The van der Waals surface area contributed by atoms with Crippen molar-refractivity contribution in [2.24, 2.45) is 5.92 Å². The van der Waals surface area contributed by atoms with Gasteiger partial charge >= 0.3 is 0 Å². The highest BCUT2D eigenvalue weighted by atomic mass is 31.2. The van der Waals surface area contributed by atoms with Crippen LogP contribution < -0.4 is 5.32 Å². The number of rotatable bonds is 5. The highest BCUT2D eigenvalue weighted by Crippen LogP contribution is 2.36. The normalized spacial score (nSPS) is 15.5. The Labute approximate surface area is 121 Å².